The average Bonchev–Trinajstić information content (AvgIpc) is 3.47. The maximum Gasteiger partial charge on any atom is 0.254 e. The third kappa shape index (κ3) is 4.48. The molecular weight excluding hydrogens is 381 g/mol. The summed E-state index contributed by atoms with van der Waals surface area (Å²) >= 11 is 0. The van der Waals surface area contributed by atoms with Crippen LogP contribution in [0.1, 0.15) is 68.1 Å². The SMILES string of the molecule is N#CCC1(n2cc(C(N)=O)c(Nc3ccc(F)cc3)n2)CCC(CCC2CC2)CC1. The van der Waals surface area contributed by atoms with Crippen LogP contribution in [-0.4, -0.2) is 15.7 Å². The minimum Gasteiger partial charge on any atom is -0.365 e. The van der Waals surface area contributed by atoms with E-state index >= 15 is 0 Å². The third-order valence-corrected chi connectivity index (χ3v) is 6.70. The summed E-state index contributed by atoms with van der Waals surface area (Å²) in [6.07, 6.45) is 11.3. The molecule has 0 unspecified atom stereocenters. The summed E-state index contributed by atoms with van der Waals surface area (Å²) in [7, 11) is 0. The molecule has 2 fully saturated rings. The minimum absolute atomic E-state index is 0.271. The van der Waals surface area contributed by atoms with Gasteiger partial charge in [0, 0.05) is 11.9 Å². The fraction of sp³-hybridized carbons (Fsp3) is 0.522. The monoisotopic (exact) mass is 409 g/mol. The normalized spacial score (nSPS) is 23.7. The lowest BCUT2D eigenvalue weighted by atomic mass is 9.73. The Morgan fingerprint density at radius 1 is 1.20 bits per heavy atom. The summed E-state index contributed by atoms with van der Waals surface area (Å²) in [4.78, 5) is 12.0. The van der Waals surface area contributed by atoms with E-state index in [-0.39, 0.29) is 11.4 Å². The molecule has 4 rings (SSSR count). The molecule has 1 heterocycles. The molecule has 1 aromatic heterocycles. The first-order chi connectivity index (χ1) is 14.5. The molecular formula is C23H28FN5O. The molecule has 2 saturated carbocycles. The Morgan fingerprint density at radius 3 is 2.40 bits per heavy atom. The van der Waals surface area contributed by atoms with Crippen molar-refractivity contribution in [3.05, 3.63) is 41.8 Å². The van der Waals surface area contributed by atoms with E-state index in [0.717, 1.165) is 31.6 Å². The van der Waals surface area contributed by atoms with E-state index in [9.17, 15) is 14.4 Å². The first-order valence-corrected chi connectivity index (χ1v) is 10.8. The fourth-order valence-electron chi connectivity index (χ4n) is 4.58. The fourth-order valence-corrected chi connectivity index (χ4v) is 4.58. The lowest BCUT2D eigenvalue weighted by Crippen LogP contribution is -2.38. The van der Waals surface area contributed by atoms with Crippen LogP contribution in [0.2, 0.25) is 0 Å². The van der Waals surface area contributed by atoms with Crippen molar-refractivity contribution in [3.63, 3.8) is 0 Å². The van der Waals surface area contributed by atoms with E-state index in [2.05, 4.69) is 16.5 Å². The van der Waals surface area contributed by atoms with Crippen molar-refractivity contribution < 1.29 is 9.18 Å². The van der Waals surface area contributed by atoms with Crippen LogP contribution >= 0.6 is 0 Å². The highest BCUT2D eigenvalue weighted by Crippen LogP contribution is 2.44. The second-order valence-corrected chi connectivity index (χ2v) is 8.86. The Kier molecular flexibility index (Phi) is 5.76. The zero-order valence-corrected chi connectivity index (χ0v) is 17.1. The van der Waals surface area contributed by atoms with E-state index in [0.29, 0.717) is 23.8 Å². The van der Waals surface area contributed by atoms with Crippen molar-refractivity contribution in [1.82, 2.24) is 9.78 Å². The number of halogens is 1. The number of amides is 1. The summed E-state index contributed by atoms with van der Waals surface area (Å²) in [6.45, 7) is 0. The minimum atomic E-state index is -0.587. The maximum absolute atomic E-state index is 13.2. The van der Waals surface area contributed by atoms with Crippen LogP contribution < -0.4 is 11.1 Å². The molecule has 2 aromatic rings. The van der Waals surface area contributed by atoms with Crippen molar-refractivity contribution in [2.24, 2.45) is 17.6 Å². The molecule has 3 N–H and O–H groups in total. The number of nitrogens with one attached hydrogen (secondary N) is 1. The Balaban J connectivity index is 1.54. The number of primary amides is 1. The maximum atomic E-state index is 13.2. The summed E-state index contributed by atoms with van der Waals surface area (Å²) in [5, 5.41) is 17.2. The van der Waals surface area contributed by atoms with Crippen LogP contribution in [0.15, 0.2) is 30.5 Å². The van der Waals surface area contributed by atoms with Gasteiger partial charge in [0.2, 0.25) is 0 Å². The lowest BCUT2D eigenvalue weighted by molar-refractivity contribution is 0.0999. The van der Waals surface area contributed by atoms with Gasteiger partial charge in [-0.05, 0) is 61.8 Å². The van der Waals surface area contributed by atoms with Crippen molar-refractivity contribution in [2.75, 3.05) is 5.32 Å². The van der Waals surface area contributed by atoms with Crippen LogP contribution in [0.3, 0.4) is 0 Å². The molecule has 0 aliphatic heterocycles. The molecule has 1 amide bonds. The van der Waals surface area contributed by atoms with E-state index in [4.69, 9.17) is 5.73 Å². The molecule has 30 heavy (non-hydrogen) atoms. The highest BCUT2D eigenvalue weighted by Gasteiger charge is 2.39. The number of hydrogen-bond donors (Lipinski definition) is 2. The third-order valence-electron chi connectivity index (χ3n) is 6.70. The van der Waals surface area contributed by atoms with E-state index < -0.39 is 11.4 Å². The van der Waals surface area contributed by atoms with E-state index in [1.165, 1.54) is 37.8 Å². The van der Waals surface area contributed by atoms with Gasteiger partial charge in [-0.1, -0.05) is 25.7 Å². The number of carbonyl (C=O) groups is 1. The molecule has 2 aliphatic rings. The summed E-state index contributed by atoms with van der Waals surface area (Å²) in [6, 6.07) is 8.16. The Bertz CT molecular complexity index is 933. The number of nitrogens with two attached hydrogens (primary N) is 1. The zero-order chi connectivity index (χ0) is 21.1. The van der Waals surface area contributed by atoms with Gasteiger partial charge in [0.25, 0.3) is 5.91 Å². The van der Waals surface area contributed by atoms with Crippen LogP contribution in [-0.2, 0) is 5.54 Å². The first-order valence-electron chi connectivity index (χ1n) is 10.8. The predicted octanol–water partition coefficient (Wildman–Crippen LogP) is 4.85. The molecule has 0 spiro atoms. The standard InChI is InChI=1S/C23H28FN5O/c24-18-5-7-19(8-6-18)27-22-20(21(26)30)15-29(28-22)23(13-14-25)11-9-17(10-12-23)4-3-16-1-2-16/h5-8,15-17H,1-4,9-13H2,(H2,26,30)(H,27,28). The molecule has 7 heteroatoms. The smallest absolute Gasteiger partial charge is 0.254 e. The summed E-state index contributed by atoms with van der Waals surface area (Å²) in [5.41, 5.74) is 6.06. The van der Waals surface area contributed by atoms with Gasteiger partial charge in [-0.25, -0.2) is 4.39 Å². The van der Waals surface area contributed by atoms with Crippen molar-refractivity contribution >= 4 is 17.4 Å². The Morgan fingerprint density at radius 2 is 1.83 bits per heavy atom. The molecule has 0 saturated heterocycles. The number of rotatable bonds is 8. The highest BCUT2D eigenvalue weighted by molar-refractivity contribution is 5.98. The molecule has 2 aliphatic carbocycles. The first kappa shape index (κ1) is 20.4. The van der Waals surface area contributed by atoms with Gasteiger partial charge in [-0.3, -0.25) is 9.48 Å². The van der Waals surface area contributed by atoms with Crippen LogP contribution in [0, 0.1) is 29.0 Å². The number of hydrogen-bond acceptors (Lipinski definition) is 4. The van der Waals surface area contributed by atoms with Crippen molar-refractivity contribution in [2.45, 2.75) is 63.3 Å². The van der Waals surface area contributed by atoms with Crippen LogP contribution in [0.25, 0.3) is 0 Å². The average molecular weight is 410 g/mol. The molecule has 0 bridgehead atoms. The molecule has 0 radical (unpaired) electrons. The quantitative estimate of drug-likeness (QED) is 0.651. The van der Waals surface area contributed by atoms with Crippen molar-refractivity contribution in [1.29, 1.82) is 5.26 Å². The number of anilines is 2. The van der Waals surface area contributed by atoms with Crippen molar-refractivity contribution in [3.8, 4) is 6.07 Å². The second kappa shape index (κ2) is 8.47. The summed E-state index contributed by atoms with van der Waals surface area (Å²) in [5.74, 6) is 1.06. The number of nitriles is 1. The summed E-state index contributed by atoms with van der Waals surface area (Å²) < 4.78 is 15.0. The van der Waals surface area contributed by atoms with Crippen LogP contribution in [0.4, 0.5) is 15.9 Å². The van der Waals surface area contributed by atoms with E-state index in [1.54, 1.807) is 23.0 Å². The van der Waals surface area contributed by atoms with Gasteiger partial charge in [-0.2, -0.15) is 10.4 Å². The predicted molar refractivity (Wildman–Crippen MR) is 113 cm³/mol. The lowest BCUT2D eigenvalue weighted by Gasteiger charge is -2.39. The van der Waals surface area contributed by atoms with Gasteiger partial charge >= 0.3 is 0 Å². The van der Waals surface area contributed by atoms with E-state index in [1.807, 2.05) is 0 Å². The Hall–Kier alpha value is -2.88. The number of carbonyl (C=O) groups excluding carboxylic acids is 1. The van der Waals surface area contributed by atoms with Gasteiger partial charge < -0.3 is 11.1 Å². The largest absolute Gasteiger partial charge is 0.365 e. The molecule has 158 valence electrons. The highest BCUT2D eigenvalue weighted by atomic mass is 19.1. The van der Waals surface area contributed by atoms with Gasteiger partial charge in [0.05, 0.1) is 18.0 Å². The number of nitrogens with zero attached hydrogens (tertiary/aromatic N) is 3. The second-order valence-electron chi connectivity index (χ2n) is 8.86. The van der Waals surface area contributed by atoms with Gasteiger partial charge in [-0.15, -0.1) is 0 Å². The molecule has 1 aromatic carbocycles. The molecule has 6 nitrogen and oxygen atoms in total. The zero-order valence-electron chi connectivity index (χ0n) is 17.1. The number of aromatic nitrogens is 2. The Labute approximate surface area is 176 Å². The van der Waals surface area contributed by atoms with Crippen LogP contribution in [0.5, 0.6) is 0 Å². The topological polar surface area (TPSA) is 96.7 Å². The van der Waals surface area contributed by atoms with Gasteiger partial charge in [0.1, 0.15) is 11.4 Å². The van der Waals surface area contributed by atoms with Gasteiger partial charge in [0.15, 0.2) is 5.82 Å². The molecule has 0 atom stereocenters. The number of benzene rings is 1.